The predicted molar refractivity (Wildman–Crippen MR) is 94.8 cm³/mol. The lowest BCUT2D eigenvalue weighted by atomic mass is 9.97. The molecule has 3 rings (SSSR count). The van der Waals surface area contributed by atoms with Gasteiger partial charge in [0.1, 0.15) is 11.5 Å². The van der Waals surface area contributed by atoms with E-state index < -0.39 is 16.9 Å². The molecule has 3 N–H and O–H groups in total. The van der Waals surface area contributed by atoms with Crippen LogP contribution in [0.15, 0.2) is 41.2 Å². The van der Waals surface area contributed by atoms with E-state index in [2.05, 4.69) is 10.4 Å². The zero-order valence-corrected chi connectivity index (χ0v) is 14.4. The summed E-state index contributed by atoms with van der Waals surface area (Å²) in [5.41, 5.74) is 5.56. The molecule has 0 unspecified atom stereocenters. The summed E-state index contributed by atoms with van der Waals surface area (Å²) < 4.78 is 14.1. The van der Waals surface area contributed by atoms with Gasteiger partial charge in [0, 0.05) is 12.6 Å². The van der Waals surface area contributed by atoms with Crippen molar-refractivity contribution < 1.29 is 9.18 Å². The quantitative estimate of drug-likeness (QED) is 0.863. The number of rotatable bonds is 4. The Kier molecular flexibility index (Phi) is 5.92. The SMILES string of the molecule is Cl.NCC1(NC(=O)c2ccc(=O)n(-c3ccc(F)cc3)n2)CCCC1. The molecule has 6 nitrogen and oxygen atoms in total. The van der Waals surface area contributed by atoms with Gasteiger partial charge in [-0.3, -0.25) is 9.59 Å². The smallest absolute Gasteiger partial charge is 0.272 e. The lowest BCUT2D eigenvalue weighted by Gasteiger charge is -2.28. The fraction of sp³-hybridized carbons (Fsp3) is 0.353. The second-order valence-electron chi connectivity index (χ2n) is 6.09. The Balaban J connectivity index is 0.00000225. The Bertz CT molecular complexity index is 801. The maximum atomic E-state index is 13.0. The summed E-state index contributed by atoms with van der Waals surface area (Å²) in [5, 5.41) is 7.07. The number of amides is 1. The molecule has 1 aliphatic carbocycles. The zero-order valence-electron chi connectivity index (χ0n) is 13.6. The van der Waals surface area contributed by atoms with Gasteiger partial charge in [0.25, 0.3) is 11.5 Å². The van der Waals surface area contributed by atoms with Crippen LogP contribution in [0.25, 0.3) is 5.69 Å². The first-order valence-electron chi connectivity index (χ1n) is 7.92. The third kappa shape index (κ3) is 4.05. The van der Waals surface area contributed by atoms with Crippen LogP contribution in [0.4, 0.5) is 4.39 Å². The van der Waals surface area contributed by atoms with E-state index >= 15 is 0 Å². The summed E-state index contributed by atoms with van der Waals surface area (Å²) >= 11 is 0. The molecule has 8 heteroatoms. The number of nitrogens with one attached hydrogen (secondary N) is 1. The van der Waals surface area contributed by atoms with Gasteiger partial charge in [-0.05, 0) is 43.2 Å². The molecule has 0 spiro atoms. The van der Waals surface area contributed by atoms with Gasteiger partial charge < -0.3 is 11.1 Å². The van der Waals surface area contributed by atoms with Gasteiger partial charge in [-0.2, -0.15) is 9.78 Å². The van der Waals surface area contributed by atoms with E-state index in [1.807, 2.05) is 0 Å². The molecular weight excluding hydrogens is 347 g/mol. The molecule has 0 radical (unpaired) electrons. The molecule has 2 aromatic rings. The van der Waals surface area contributed by atoms with E-state index in [1.54, 1.807) is 0 Å². The maximum absolute atomic E-state index is 13.0. The summed E-state index contributed by atoms with van der Waals surface area (Å²) in [6, 6.07) is 8.00. The predicted octanol–water partition coefficient (Wildman–Crippen LogP) is 1.79. The van der Waals surface area contributed by atoms with Crippen molar-refractivity contribution in [1.29, 1.82) is 0 Å². The Morgan fingerprint density at radius 1 is 1.20 bits per heavy atom. The van der Waals surface area contributed by atoms with Crippen LogP contribution in [-0.4, -0.2) is 27.8 Å². The Labute approximate surface area is 150 Å². The second kappa shape index (κ2) is 7.76. The molecule has 25 heavy (non-hydrogen) atoms. The number of benzene rings is 1. The van der Waals surface area contributed by atoms with Crippen LogP contribution in [0.2, 0.25) is 0 Å². The Morgan fingerprint density at radius 2 is 1.84 bits per heavy atom. The van der Waals surface area contributed by atoms with Gasteiger partial charge in [0.2, 0.25) is 0 Å². The molecule has 1 saturated carbocycles. The summed E-state index contributed by atoms with van der Waals surface area (Å²) in [4.78, 5) is 24.5. The number of carbonyl (C=O) groups excluding carboxylic acids is 1. The van der Waals surface area contributed by atoms with E-state index in [1.165, 1.54) is 36.4 Å². The van der Waals surface area contributed by atoms with Crippen molar-refractivity contribution in [2.24, 2.45) is 5.73 Å². The highest BCUT2D eigenvalue weighted by Gasteiger charge is 2.34. The molecule has 1 aromatic carbocycles. The molecule has 1 fully saturated rings. The fourth-order valence-corrected chi connectivity index (χ4v) is 3.04. The minimum absolute atomic E-state index is 0. The van der Waals surface area contributed by atoms with Gasteiger partial charge in [-0.1, -0.05) is 12.8 Å². The van der Waals surface area contributed by atoms with E-state index in [0.29, 0.717) is 12.2 Å². The Morgan fingerprint density at radius 3 is 2.44 bits per heavy atom. The van der Waals surface area contributed by atoms with Gasteiger partial charge in [-0.15, -0.1) is 12.4 Å². The van der Waals surface area contributed by atoms with Crippen LogP contribution in [0.3, 0.4) is 0 Å². The molecule has 1 aromatic heterocycles. The van der Waals surface area contributed by atoms with Crippen LogP contribution >= 0.6 is 12.4 Å². The third-order valence-electron chi connectivity index (χ3n) is 4.43. The average molecular weight is 367 g/mol. The molecular formula is C17H20ClFN4O2. The molecule has 0 atom stereocenters. The molecule has 1 aliphatic rings. The van der Waals surface area contributed by atoms with Gasteiger partial charge >= 0.3 is 0 Å². The van der Waals surface area contributed by atoms with Crippen LogP contribution in [0, 0.1) is 5.82 Å². The van der Waals surface area contributed by atoms with Gasteiger partial charge in [0.05, 0.1) is 11.2 Å². The molecule has 1 amide bonds. The minimum Gasteiger partial charge on any atom is -0.344 e. The molecule has 0 saturated heterocycles. The highest BCUT2D eigenvalue weighted by molar-refractivity contribution is 5.92. The van der Waals surface area contributed by atoms with Crippen LogP contribution in [-0.2, 0) is 0 Å². The highest BCUT2D eigenvalue weighted by Crippen LogP contribution is 2.28. The van der Waals surface area contributed by atoms with E-state index in [0.717, 1.165) is 30.4 Å². The van der Waals surface area contributed by atoms with Crippen molar-refractivity contribution in [3.63, 3.8) is 0 Å². The number of aromatic nitrogens is 2. The summed E-state index contributed by atoms with van der Waals surface area (Å²) in [7, 11) is 0. The lowest BCUT2D eigenvalue weighted by Crippen LogP contribution is -2.52. The average Bonchev–Trinajstić information content (AvgIpc) is 3.05. The summed E-state index contributed by atoms with van der Waals surface area (Å²) in [6.45, 7) is 0.371. The second-order valence-corrected chi connectivity index (χ2v) is 6.09. The van der Waals surface area contributed by atoms with Crippen LogP contribution < -0.4 is 16.6 Å². The van der Waals surface area contributed by atoms with E-state index in [4.69, 9.17) is 5.73 Å². The topological polar surface area (TPSA) is 90.0 Å². The van der Waals surface area contributed by atoms with E-state index in [-0.39, 0.29) is 24.0 Å². The van der Waals surface area contributed by atoms with E-state index in [9.17, 15) is 14.0 Å². The summed E-state index contributed by atoms with van der Waals surface area (Å²) in [5.74, 6) is -0.773. The first-order valence-corrected chi connectivity index (χ1v) is 7.92. The van der Waals surface area contributed by atoms with Crippen LogP contribution in [0.5, 0.6) is 0 Å². The minimum atomic E-state index is -0.410. The van der Waals surface area contributed by atoms with Crippen molar-refractivity contribution in [3.8, 4) is 5.69 Å². The fourth-order valence-electron chi connectivity index (χ4n) is 3.04. The highest BCUT2D eigenvalue weighted by atomic mass is 35.5. The number of hydrogen-bond donors (Lipinski definition) is 2. The van der Waals surface area contributed by atoms with Crippen molar-refractivity contribution in [2.75, 3.05) is 6.54 Å². The number of nitrogens with zero attached hydrogens (tertiary/aromatic N) is 2. The number of nitrogens with two attached hydrogens (primary N) is 1. The first-order chi connectivity index (χ1) is 11.5. The van der Waals surface area contributed by atoms with Crippen molar-refractivity contribution in [3.05, 3.63) is 58.3 Å². The molecule has 0 bridgehead atoms. The third-order valence-corrected chi connectivity index (χ3v) is 4.43. The zero-order chi connectivity index (χ0) is 17.2. The Hall–Kier alpha value is -2.25. The van der Waals surface area contributed by atoms with Crippen LogP contribution in [0.1, 0.15) is 36.2 Å². The molecule has 1 heterocycles. The summed E-state index contributed by atoms with van der Waals surface area (Å²) in [6.07, 6.45) is 3.74. The maximum Gasteiger partial charge on any atom is 0.272 e. The monoisotopic (exact) mass is 366 g/mol. The van der Waals surface area contributed by atoms with Crippen molar-refractivity contribution in [1.82, 2.24) is 15.1 Å². The number of carbonyl (C=O) groups is 1. The van der Waals surface area contributed by atoms with Gasteiger partial charge in [-0.25, -0.2) is 4.39 Å². The first kappa shape index (κ1) is 19.1. The standard InChI is InChI=1S/C17H19FN4O2.ClH/c18-12-3-5-13(6-4-12)22-15(23)8-7-14(21-22)16(24)20-17(11-19)9-1-2-10-17;/h3-8H,1-2,9-11,19H2,(H,20,24);1H. The molecule has 0 aliphatic heterocycles. The van der Waals surface area contributed by atoms with Gasteiger partial charge in [0.15, 0.2) is 0 Å². The number of hydrogen-bond acceptors (Lipinski definition) is 4. The normalized spacial score (nSPS) is 15.4. The number of halogens is 2. The van der Waals surface area contributed by atoms with Crippen molar-refractivity contribution in [2.45, 2.75) is 31.2 Å². The van der Waals surface area contributed by atoms with Crippen molar-refractivity contribution >= 4 is 18.3 Å². The largest absolute Gasteiger partial charge is 0.344 e. The molecule has 134 valence electrons. The lowest BCUT2D eigenvalue weighted by molar-refractivity contribution is 0.0896.